The highest BCUT2D eigenvalue weighted by Gasteiger charge is 2.24. The zero-order valence-electron chi connectivity index (χ0n) is 10.8. The average Bonchev–Trinajstić information content (AvgIpc) is 3.12. The third kappa shape index (κ3) is 2.85. The molecule has 3 aromatic rings. The van der Waals surface area contributed by atoms with Crippen molar-refractivity contribution in [3.8, 4) is 0 Å². The molecule has 21 heavy (non-hydrogen) atoms. The van der Waals surface area contributed by atoms with Crippen molar-refractivity contribution in [1.29, 1.82) is 0 Å². The number of rotatable bonds is 5. The van der Waals surface area contributed by atoms with Gasteiger partial charge in [0, 0.05) is 15.5 Å². The number of sulfonamides is 1. The van der Waals surface area contributed by atoms with Crippen LogP contribution in [0.15, 0.2) is 40.1 Å². The van der Waals surface area contributed by atoms with Crippen LogP contribution in [-0.2, 0) is 23.2 Å². The molecule has 110 valence electrons. The molecule has 0 aliphatic rings. The molecule has 1 aromatic carbocycles. The van der Waals surface area contributed by atoms with E-state index in [1.165, 1.54) is 22.7 Å². The van der Waals surface area contributed by atoms with E-state index in [-0.39, 0.29) is 18.0 Å². The molecule has 0 unspecified atom stereocenters. The number of hydrogen-bond donors (Lipinski definition) is 2. The van der Waals surface area contributed by atoms with E-state index >= 15 is 0 Å². The third-order valence-corrected chi connectivity index (χ3v) is 6.41. The number of nitrogens with zero attached hydrogens (tertiary/aromatic N) is 1. The lowest BCUT2D eigenvalue weighted by Crippen LogP contribution is -2.24. The van der Waals surface area contributed by atoms with Gasteiger partial charge in [-0.05, 0) is 6.07 Å². The highest BCUT2D eigenvalue weighted by molar-refractivity contribution is 7.90. The van der Waals surface area contributed by atoms with Crippen LogP contribution in [0.4, 0.5) is 0 Å². The molecule has 0 saturated heterocycles. The van der Waals surface area contributed by atoms with Crippen LogP contribution in [0.5, 0.6) is 0 Å². The Balaban J connectivity index is 2.01. The number of aliphatic hydroxyl groups excluding tert-OH is 1. The molecule has 0 amide bonds. The Bertz CT molecular complexity index is 854. The number of nitrogens with one attached hydrogen (secondary N) is 1. The minimum Gasteiger partial charge on any atom is -0.391 e. The lowest BCUT2D eigenvalue weighted by atomic mass is 10.2. The molecule has 0 atom stereocenters. The number of aromatic nitrogens is 1. The van der Waals surface area contributed by atoms with Gasteiger partial charge < -0.3 is 5.11 Å². The van der Waals surface area contributed by atoms with Crippen molar-refractivity contribution >= 4 is 42.8 Å². The summed E-state index contributed by atoms with van der Waals surface area (Å²) in [6.45, 7) is -0.160. The van der Waals surface area contributed by atoms with Gasteiger partial charge in [0.2, 0.25) is 10.0 Å². The first-order valence-corrected chi connectivity index (χ1v) is 9.34. The van der Waals surface area contributed by atoms with Crippen molar-refractivity contribution in [2.45, 2.75) is 18.0 Å². The maximum Gasteiger partial charge on any atom is 0.242 e. The number of hydrogen-bond acceptors (Lipinski definition) is 6. The fourth-order valence-electron chi connectivity index (χ4n) is 2.04. The van der Waals surface area contributed by atoms with E-state index in [9.17, 15) is 13.5 Å². The molecule has 2 N–H and O–H groups in total. The lowest BCUT2D eigenvalue weighted by Gasteiger charge is -2.06. The quantitative estimate of drug-likeness (QED) is 0.747. The minimum atomic E-state index is -3.70. The van der Waals surface area contributed by atoms with Gasteiger partial charge in [0.15, 0.2) is 0 Å². The second-order valence-electron chi connectivity index (χ2n) is 4.31. The van der Waals surface area contributed by atoms with E-state index in [0.717, 1.165) is 4.70 Å². The molecule has 0 bridgehead atoms. The molecule has 8 heteroatoms. The number of thiazole rings is 1. The number of benzene rings is 1. The Morgan fingerprint density at radius 2 is 2.10 bits per heavy atom. The molecule has 0 saturated carbocycles. The summed E-state index contributed by atoms with van der Waals surface area (Å²) in [7, 11) is -3.70. The summed E-state index contributed by atoms with van der Waals surface area (Å²) in [5, 5.41) is 11.9. The van der Waals surface area contributed by atoms with Gasteiger partial charge in [-0.2, -0.15) is 0 Å². The Kier molecular flexibility index (Phi) is 4.05. The van der Waals surface area contributed by atoms with Crippen LogP contribution in [0.2, 0.25) is 0 Å². The van der Waals surface area contributed by atoms with E-state index < -0.39 is 10.0 Å². The van der Waals surface area contributed by atoms with Gasteiger partial charge in [0.05, 0.1) is 29.2 Å². The Morgan fingerprint density at radius 1 is 1.29 bits per heavy atom. The number of fused-ring (bicyclic) bond motifs is 1. The average molecular weight is 340 g/mol. The fraction of sp³-hybridized carbons (Fsp3) is 0.154. The topological polar surface area (TPSA) is 79.3 Å². The first-order valence-electron chi connectivity index (χ1n) is 6.10. The summed E-state index contributed by atoms with van der Waals surface area (Å²) in [5.41, 5.74) is 2.33. The predicted molar refractivity (Wildman–Crippen MR) is 83.9 cm³/mol. The highest BCUT2D eigenvalue weighted by atomic mass is 32.2. The maximum atomic E-state index is 12.5. The molecule has 0 aliphatic carbocycles. The summed E-state index contributed by atoms with van der Waals surface area (Å²) < 4.78 is 28.5. The molecule has 0 radical (unpaired) electrons. The molecule has 0 spiro atoms. The van der Waals surface area contributed by atoms with Crippen LogP contribution in [0.1, 0.15) is 10.6 Å². The Labute approximate surface area is 130 Å². The lowest BCUT2D eigenvalue weighted by molar-refractivity contribution is 0.283. The van der Waals surface area contributed by atoms with Gasteiger partial charge in [0.1, 0.15) is 4.90 Å². The molecule has 2 heterocycles. The van der Waals surface area contributed by atoms with Crippen LogP contribution >= 0.6 is 22.7 Å². The van der Waals surface area contributed by atoms with Crippen molar-refractivity contribution < 1.29 is 13.5 Å². The molecule has 0 aliphatic heterocycles. The van der Waals surface area contributed by atoms with Gasteiger partial charge >= 0.3 is 0 Å². The first-order chi connectivity index (χ1) is 10.1. The minimum absolute atomic E-state index is 0.140. The smallest absolute Gasteiger partial charge is 0.242 e. The second-order valence-corrected chi connectivity index (χ2v) is 7.87. The second kappa shape index (κ2) is 5.82. The molecular formula is C13H12N2O3S3. The van der Waals surface area contributed by atoms with Crippen molar-refractivity contribution in [3.63, 3.8) is 0 Å². The van der Waals surface area contributed by atoms with Gasteiger partial charge in [-0.1, -0.05) is 18.2 Å². The normalized spacial score (nSPS) is 12.0. The summed E-state index contributed by atoms with van der Waals surface area (Å²) in [6, 6.07) is 7.23. The van der Waals surface area contributed by atoms with Crippen LogP contribution in [-0.4, -0.2) is 18.5 Å². The molecule has 2 aromatic heterocycles. The first kappa shape index (κ1) is 14.6. The van der Waals surface area contributed by atoms with Crippen LogP contribution < -0.4 is 4.72 Å². The number of aliphatic hydroxyl groups is 1. The van der Waals surface area contributed by atoms with E-state index in [0.29, 0.717) is 16.0 Å². The van der Waals surface area contributed by atoms with Crippen molar-refractivity contribution in [2.75, 3.05) is 0 Å². The van der Waals surface area contributed by atoms with E-state index in [4.69, 9.17) is 0 Å². The van der Waals surface area contributed by atoms with Gasteiger partial charge in [-0.3, -0.25) is 0 Å². The third-order valence-electron chi connectivity index (χ3n) is 2.96. The summed E-state index contributed by atoms with van der Waals surface area (Å²) in [4.78, 5) is 4.66. The SMILES string of the molecule is O=S(=O)(NCc1cscn1)c1c(CO)sc2ccccc12. The maximum absolute atomic E-state index is 12.5. The van der Waals surface area contributed by atoms with Crippen molar-refractivity contribution in [1.82, 2.24) is 9.71 Å². The van der Waals surface area contributed by atoms with Crippen LogP contribution in [0.25, 0.3) is 10.1 Å². The summed E-state index contributed by atoms with van der Waals surface area (Å²) >= 11 is 2.71. The zero-order chi connectivity index (χ0) is 14.9. The van der Waals surface area contributed by atoms with Gasteiger partial charge in [0.25, 0.3) is 0 Å². The standard InChI is InChI=1S/C13H12N2O3S3/c16-6-12-13(10-3-1-2-4-11(10)20-12)21(17,18)15-5-9-7-19-8-14-9/h1-4,7-8,15-16H,5-6H2. The molecular weight excluding hydrogens is 328 g/mol. The van der Waals surface area contributed by atoms with Gasteiger partial charge in [-0.15, -0.1) is 22.7 Å². The van der Waals surface area contributed by atoms with Crippen LogP contribution in [0, 0.1) is 0 Å². The van der Waals surface area contributed by atoms with Crippen molar-refractivity contribution in [3.05, 3.63) is 45.7 Å². The predicted octanol–water partition coefficient (Wildman–Crippen LogP) is 2.33. The Morgan fingerprint density at radius 3 is 2.81 bits per heavy atom. The summed E-state index contributed by atoms with van der Waals surface area (Å²) in [5.74, 6) is 0. The highest BCUT2D eigenvalue weighted by Crippen LogP contribution is 2.34. The monoisotopic (exact) mass is 340 g/mol. The Hall–Kier alpha value is -1.32. The fourth-order valence-corrected chi connectivity index (χ4v) is 5.39. The van der Waals surface area contributed by atoms with E-state index in [1.807, 2.05) is 12.1 Å². The largest absolute Gasteiger partial charge is 0.391 e. The number of thiophene rings is 1. The summed E-state index contributed by atoms with van der Waals surface area (Å²) in [6.07, 6.45) is 0. The van der Waals surface area contributed by atoms with Crippen LogP contribution in [0.3, 0.4) is 0 Å². The zero-order valence-corrected chi connectivity index (χ0v) is 13.3. The molecule has 5 nitrogen and oxygen atoms in total. The van der Waals surface area contributed by atoms with Crippen molar-refractivity contribution in [2.24, 2.45) is 0 Å². The van der Waals surface area contributed by atoms with E-state index in [1.54, 1.807) is 23.0 Å². The molecule has 0 fully saturated rings. The van der Waals surface area contributed by atoms with Gasteiger partial charge in [-0.25, -0.2) is 18.1 Å². The molecule has 3 rings (SSSR count). The van der Waals surface area contributed by atoms with E-state index in [2.05, 4.69) is 9.71 Å².